The van der Waals surface area contributed by atoms with Gasteiger partial charge in [-0.2, -0.15) is 0 Å². The van der Waals surface area contributed by atoms with Gasteiger partial charge in [0.05, 0.1) is 18.5 Å². The molecule has 0 unspecified atom stereocenters. The monoisotopic (exact) mass is 416 g/mol. The second kappa shape index (κ2) is 9.15. The number of rotatable bonds is 2. The molecular weight excluding hydrogens is 388 g/mol. The van der Waals surface area contributed by atoms with Crippen LogP contribution in [0.2, 0.25) is 0 Å². The number of carbonyl (C=O) groups is 4. The molecule has 1 fully saturated rings. The molecule has 1 aliphatic heterocycles. The molecule has 4 amide bonds. The number of benzene rings is 1. The van der Waals surface area contributed by atoms with E-state index in [9.17, 15) is 19.2 Å². The summed E-state index contributed by atoms with van der Waals surface area (Å²) in [7, 11) is 0. The molecule has 0 spiro atoms. The lowest BCUT2D eigenvalue weighted by atomic mass is 9.92. The highest BCUT2D eigenvalue weighted by molar-refractivity contribution is 6.01. The summed E-state index contributed by atoms with van der Waals surface area (Å²) in [4.78, 5) is 50.7. The van der Waals surface area contributed by atoms with Crippen molar-refractivity contribution in [2.24, 2.45) is 0 Å². The van der Waals surface area contributed by atoms with Crippen LogP contribution in [0.5, 0.6) is 5.75 Å². The van der Waals surface area contributed by atoms with Crippen LogP contribution in [0.3, 0.4) is 0 Å². The van der Waals surface area contributed by atoms with Crippen molar-refractivity contribution in [1.29, 1.82) is 0 Å². The number of para-hydroxylation sites is 1. The number of amides is 4. The van der Waals surface area contributed by atoms with Gasteiger partial charge >= 0.3 is 0 Å². The highest BCUT2D eigenvalue weighted by Crippen LogP contribution is 2.20. The third-order valence-electron chi connectivity index (χ3n) is 5.26. The van der Waals surface area contributed by atoms with Crippen molar-refractivity contribution in [3.05, 3.63) is 29.8 Å². The zero-order valence-corrected chi connectivity index (χ0v) is 17.2. The lowest BCUT2D eigenvalue weighted by Crippen LogP contribution is -2.58. The van der Waals surface area contributed by atoms with Crippen molar-refractivity contribution >= 4 is 23.6 Å². The van der Waals surface area contributed by atoms with E-state index in [1.807, 2.05) is 0 Å². The molecule has 9 nitrogen and oxygen atoms in total. The minimum absolute atomic E-state index is 0.0587. The van der Waals surface area contributed by atoms with Gasteiger partial charge in [-0.25, -0.2) is 0 Å². The quantitative estimate of drug-likeness (QED) is 0.550. The summed E-state index contributed by atoms with van der Waals surface area (Å²) in [5, 5.41) is 10.9. The Morgan fingerprint density at radius 3 is 2.60 bits per heavy atom. The molecule has 0 radical (unpaired) electrons. The third-order valence-corrected chi connectivity index (χ3v) is 5.26. The van der Waals surface area contributed by atoms with Crippen molar-refractivity contribution in [1.82, 2.24) is 21.3 Å². The summed E-state index contributed by atoms with van der Waals surface area (Å²) in [5.74, 6) is -1.47. The molecule has 1 aromatic rings. The Morgan fingerprint density at radius 1 is 1.17 bits per heavy atom. The Kier molecular flexibility index (Phi) is 6.59. The van der Waals surface area contributed by atoms with E-state index in [-0.39, 0.29) is 37.1 Å². The van der Waals surface area contributed by atoms with Gasteiger partial charge in [0.15, 0.2) is 0 Å². The fourth-order valence-corrected chi connectivity index (χ4v) is 3.27. The molecule has 1 atom stereocenters. The van der Waals surface area contributed by atoms with Crippen molar-refractivity contribution in [2.75, 3.05) is 13.2 Å². The standard InChI is InChI=1S/C21H28N4O5/c1-21(2)20(29)22-10-11-30-16-9-4-3-8-14(16)18(27)24-15(12-17(26)25-21)19(28)23-13-6-5-7-13/h3-4,8-9,13,15H,5-7,10-12H2,1-2H3,(H,22,29)(H,23,28)(H,24,27)(H,25,26)/t15-/m0/s1. The predicted octanol–water partition coefficient (Wildman–Crippen LogP) is 0.247. The van der Waals surface area contributed by atoms with E-state index in [4.69, 9.17) is 4.74 Å². The SMILES string of the molecule is CC1(C)NC(=O)C[C@@H](C(=O)NC2CCC2)NC(=O)c2ccccc2OCCNC1=O. The molecule has 1 heterocycles. The first kappa shape index (κ1) is 21.6. The normalized spacial score (nSPS) is 22.7. The summed E-state index contributed by atoms with van der Waals surface area (Å²) < 4.78 is 5.66. The Balaban J connectivity index is 1.85. The van der Waals surface area contributed by atoms with Gasteiger partial charge < -0.3 is 26.0 Å². The molecule has 4 N–H and O–H groups in total. The zero-order chi connectivity index (χ0) is 21.7. The van der Waals surface area contributed by atoms with Gasteiger partial charge in [0.1, 0.15) is 23.9 Å². The molecule has 0 aromatic heterocycles. The highest BCUT2D eigenvalue weighted by Gasteiger charge is 2.33. The summed E-state index contributed by atoms with van der Waals surface area (Å²) >= 11 is 0. The van der Waals surface area contributed by atoms with E-state index in [0.717, 1.165) is 19.3 Å². The van der Waals surface area contributed by atoms with Crippen molar-refractivity contribution < 1.29 is 23.9 Å². The van der Waals surface area contributed by atoms with Gasteiger partial charge in [0, 0.05) is 6.04 Å². The lowest BCUT2D eigenvalue weighted by Gasteiger charge is -2.30. The highest BCUT2D eigenvalue weighted by atomic mass is 16.5. The van der Waals surface area contributed by atoms with Crippen LogP contribution in [0.1, 0.15) is 49.9 Å². The van der Waals surface area contributed by atoms with Crippen LogP contribution < -0.4 is 26.0 Å². The minimum atomic E-state index is -1.18. The Labute approximate surface area is 175 Å². The van der Waals surface area contributed by atoms with Gasteiger partial charge in [-0.05, 0) is 45.2 Å². The fourth-order valence-electron chi connectivity index (χ4n) is 3.27. The van der Waals surface area contributed by atoms with Gasteiger partial charge in [0.2, 0.25) is 17.7 Å². The number of carbonyl (C=O) groups excluding carboxylic acids is 4. The first-order valence-corrected chi connectivity index (χ1v) is 10.2. The fraction of sp³-hybridized carbons (Fsp3) is 0.524. The molecule has 0 saturated heterocycles. The first-order chi connectivity index (χ1) is 14.3. The van der Waals surface area contributed by atoms with Crippen LogP contribution >= 0.6 is 0 Å². The van der Waals surface area contributed by atoms with E-state index in [0.29, 0.717) is 5.75 Å². The lowest BCUT2D eigenvalue weighted by molar-refractivity contribution is -0.134. The van der Waals surface area contributed by atoms with Crippen molar-refractivity contribution in [2.45, 2.75) is 57.2 Å². The largest absolute Gasteiger partial charge is 0.491 e. The number of hydrogen-bond donors (Lipinski definition) is 4. The molecule has 30 heavy (non-hydrogen) atoms. The smallest absolute Gasteiger partial charge is 0.255 e. The Bertz CT molecular complexity index is 834. The third kappa shape index (κ3) is 5.28. The summed E-state index contributed by atoms with van der Waals surface area (Å²) in [5.41, 5.74) is -0.930. The molecule has 1 saturated carbocycles. The van der Waals surface area contributed by atoms with Crippen LogP contribution in [-0.2, 0) is 14.4 Å². The minimum Gasteiger partial charge on any atom is -0.491 e. The Morgan fingerprint density at radius 2 is 1.90 bits per heavy atom. The van der Waals surface area contributed by atoms with Gasteiger partial charge in [-0.3, -0.25) is 19.2 Å². The average molecular weight is 416 g/mol. The second-order valence-corrected chi connectivity index (χ2v) is 8.14. The summed E-state index contributed by atoms with van der Waals surface area (Å²) in [6.07, 6.45) is 2.51. The van der Waals surface area contributed by atoms with E-state index >= 15 is 0 Å². The zero-order valence-electron chi connectivity index (χ0n) is 17.2. The van der Waals surface area contributed by atoms with Crippen LogP contribution in [0.15, 0.2) is 24.3 Å². The van der Waals surface area contributed by atoms with Crippen LogP contribution in [-0.4, -0.2) is 54.4 Å². The molecule has 9 heteroatoms. The molecule has 3 rings (SSSR count). The molecule has 1 aliphatic carbocycles. The second-order valence-electron chi connectivity index (χ2n) is 8.14. The molecule has 162 valence electrons. The molecule has 2 aliphatic rings. The van der Waals surface area contributed by atoms with E-state index in [2.05, 4.69) is 21.3 Å². The van der Waals surface area contributed by atoms with Gasteiger partial charge in [-0.1, -0.05) is 12.1 Å². The van der Waals surface area contributed by atoms with E-state index in [1.54, 1.807) is 38.1 Å². The summed E-state index contributed by atoms with van der Waals surface area (Å²) in [6, 6.07) is 5.62. The Hall–Kier alpha value is -3.10. The van der Waals surface area contributed by atoms with Crippen LogP contribution in [0.4, 0.5) is 0 Å². The average Bonchev–Trinajstić information content (AvgIpc) is 2.66. The van der Waals surface area contributed by atoms with Gasteiger partial charge in [-0.15, -0.1) is 0 Å². The maximum Gasteiger partial charge on any atom is 0.255 e. The maximum absolute atomic E-state index is 12.9. The molecular formula is C21H28N4O5. The van der Waals surface area contributed by atoms with Crippen LogP contribution in [0.25, 0.3) is 0 Å². The van der Waals surface area contributed by atoms with Crippen molar-refractivity contribution in [3.8, 4) is 5.75 Å². The molecule has 0 bridgehead atoms. The van der Waals surface area contributed by atoms with Gasteiger partial charge in [0.25, 0.3) is 5.91 Å². The number of fused-ring (bicyclic) bond motifs is 1. The maximum atomic E-state index is 12.9. The first-order valence-electron chi connectivity index (χ1n) is 10.2. The predicted molar refractivity (Wildman–Crippen MR) is 109 cm³/mol. The topological polar surface area (TPSA) is 126 Å². The van der Waals surface area contributed by atoms with Crippen molar-refractivity contribution in [3.63, 3.8) is 0 Å². The number of nitrogens with one attached hydrogen (secondary N) is 4. The molecule has 1 aromatic carbocycles. The van der Waals surface area contributed by atoms with E-state index < -0.39 is 29.3 Å². The number of ether oxygens (including phenoxy) is 1. The summed E-state index contributed by atoms with van der Waals surface area (Å²) in [6.45, 7) is 3.50. The number of hydrogen-bond acceptors (Lipinski definition) is 5. The van der Waals surface area contributed by atoms with Crippen LogP contribution in [0, 0.1) is 0 Å². The van der Waals surface area contributed by atoms with E-state index in [1.165, 1.54) is 0 Å².